The summed E-state index contributed by atoms with van der Waals surface area (Å²) < 4.78 is 29.8. The molecule has 13 nitrogen and oxygen atoms in total. The van der Waals surface area contributed by atoms with Gasteiger partial charge in [-0.15, -0.1) is 0 Å². The first-order chi connectivity index (χ1) is 25.1. The average Bonchev–Trinajstić information content (AvgIpc) is 3.10. The van der Waals surface area contributed by atoms with Crippen LogP contribution in [-0.4, -0.2) is 128 Å². The van der Waals surface area contributed by atoms with Crippen LogP contribution in [0.4, 0.5) is 0 Å². The van der Waals surface area contributed by atoms with Gasteiger partial charge in [0.05, 0.1) is 24.7 Å². The lowest BCUT2D eigenvalue weighted by atomic mass is 9.35. The van der Waals surface area contributed by atoms with Crippen molar-refractivity contribution in [1.82, 2.24) is 0 Å². The summed E-state index contributed by atoms with van der Waals surface area (Å²) in [6, 6.07) is 0. The molecule has 4 aliphatic heterocycles. The summed E-state index contributed by atoms with van der Waals surface area (Å²) in [5.74, 6) is 0.287. The van der Waals surface area contributed by atoms with Gasteiger partial charge in [0.2, 0.25) is 0 Å². The average molecular weight is 763 g/mol. The summed E-state index contributed by atoms with van der Waals surface area (Å²) in [5, 5.41) is 75.1. The maximum atomic E-state index is 13.6. The number of fused-ring (bicyclic) bond motifs is 7. The molecule has 18 atom stereocenters. The lowest BCUT2D eigenvalue weighted by molar-refractivity contribution is -0.356. The molecule has 1 spiro atoms. The minimum atomic E-state index is -1.69. The summed E-state index contributed by atoms with van der Waals surface area (Å²) in [6.07, 6.45) is -2.28. The minimum Gasteiger partial charge on any atom is -0.455 e. The van der Waals surface area contributed by atoms with E-state index in [1.54, 1.807) is 0 Å². The predicted octanol–water partition coefficient (Wildman–Crippen LogP) is 2.01. The predicted molar refractivity (Wildman–Crippen MR) is 191 cm³/mol. The van der Waals surface area contributed by atoms with Crippen molar-refractivity contribution in [2.24, 2.45) is 38.9 Å². The van der Waals surface area contributed by atoms with Crippen molar-refractivity contribution >= 4 is 5.97 Å². The van der Waals surface area contributed by atoms with Gasteiger partial charge in [-0.3, -0.25) is 4.79 Å². The maximum Gasteiger partial charge on any atom is 0.317 e. The van der Waals surface area contributed by atoms with Crippen molar-refractivity contribution in [2.45, 2.75) is 172 Å². The Bertz CT molecular complexity index is 1590. The Labute approximate surface area is 317 Å². The van der Waals surface area contributed by atoms with E-state index in [1.807, 2.05) is 13.8 Å². The smallest absolute Gasteiger partial charge is 0.317 e. The van der Waals surface area contributed by atoms with Gasteiger partial charge in [-0.2, -0.15) is 0 Å². The molecule has 7 fully saturated rings. The van der Waals surface area contributed by atoms with Gasteiger partial charge < -0.3 is 59.4 Å². The number of rotatable bonds is 5. The van der Waals surface area contributed by atoms with Crippen molar-refractivity contribution in [3.8, 4) is 0 Å². The third kappa shape index (κ3) is 4.99. The van der Waals surface area contributed by atoms with Crippen LogP contribution in [0.2, 0.25) is 0 Å². The van der Waals surface area contributed by atoms with Crippen molar-refractivity contribution in [3.05, 3.63) is 23.3 Å². The molecule has 9 aliphatic rings. The Morgan fingerprint density at radius 1 is 0.815 bits per heavy atom. The van der Waals surface area contributed by atoms with E-state index < -0.39 is 78.5 Å². The number of hydrogen-bond donors (Lipinski definition) is 7. The summed E-state index contributed by atoms with van der Waals surface area (Å²) in [4.78, 5) is 13.6. The lowest BCUT2D eigenvalue weighted by Crippen LogP contribution is -2.71. The number of carbonyl (C=O) groups excluding carboxylic acids is 1. The normalized spacial score (nSPS) is 56.4. The first-order valence-corrected chi connectivity index (χ1v) is 20.1. The molecule has 304 valence electrons. The first kappa shape index (κ1) is 39.3. The molecule has 4 heterocycles. The highest BCUT2D eigenvalue weighted by Gasteiger charge is 2.73. The molecular formula is C41H62O13. The van der Waals surface area contributed by atoms with Crippen LogP contribution in [0.1, 0.15) is 99.8 Å². The van der Waals surface area contributed by atoms with Gasteiger partial charge in [-0.05, 0) is 110 Å². The molecule has 3 saturated carbocycles. The van der Waals surface area contributed by atoms with Crippen LogP contribution in [0, 0.1) is 38.9 Å². The monoisotopic (exact) mass is 762 g/mol. The number of aliphatic hydroxyl groups excluding tert-OH is 6. The SMILES string of the molecule is CC1(C)C2CC[C@]3(C)[C@H](C=CC4=C5[C@]6(CC[C@](C)(OC6=O)[C@@]5(C)O)CC[C@]43C)[C@@]2(C)CC[C@@H]1O[C@@H]1OC[C@H](O)[C@H](O[C@@H]2O[C@H](CO)[C@@H](O)[C@H](O)[C@H]2O)[C@H]1O. The van der Waals surface area contributed by atoms with E-state index in [4.69, 9.17) is 23.7 Å². The topological polar surface area (TPSA) is 205 Å². The molecule has 7 N–H and O–H groups in total. The van der Waals surface area contributed by atoms with Gasteiger partial charge in [0.15, 0.2) is 12.6 Å². The fraction of sp³-hybridized carbons (Fsp3) is 0.878. The second kappa shape index (κ2) is 12.5. The lowest BCUT2D eigenvalue weighted by Gasteiger charge is -2.71. The first-order valence-electron chi connectivity index (χ1n) is 20.1. The van der Waals surface area contributed by atoms with Crippen molar-refractivity contribution in [2.75, 3.05) is 13.2 Å². The van der Waals surface area contributed by atoms with E-state index in [0.717, 1.165) is 36.8 Å². The molecular weight excluding hydrogens is 700 g/mol. The Morgan fingerprint density at radius 2 is 1.52 bits per heavy atom. The Balaban J connectivity index is 1.04. The van der Waals surface area contributed by atoms with Crippen LogP contribution in [0.15, 0.2) is 23.3 Å². The zero-order chi connectivity index (χ0) is 39.2. The summed E-state index contributed by atoms with van der Waals surface area (Å²) in [5.41, 5.74) is -1.81. The molecule has 4 saturated heterocycles. The highest BCUT2D eigenvalue weighted by Crippen LogP contribution is 2.75. The third-order valence-electron chi connectivity index (χ3n) is 17.0. The Kier molecular flexibility index (Phi) is 9.11. The summed E-state index contributed by atoms with van der Waals surface area (Å²) >= 11 is 0. The standard InChI is InChI=1S/C41H62O13/c1-35(2)23-10-13-38(5)24(9-8-20-31-40(7,49)39(6)15-17-41(31,34(48)54-39)16-14-37(20,38)4)36(23,3)12-11-25(35)52-32-29(47)30(21(43)19-50-32)53-33-28(46)27(45)26(44)22(18-42)51-33/h8-9,21-30,32-33,42-47,49H,10-19H2,1-7H3/t21-,22+,23?,24+,25-,26+,27-,28+,29+,30-,32-,33-,36-,37+,38+,39-,40-,41+/m0/s1. The van der Waals surface area contributed by atoms with Crippen LogP contribution in [0.25, 0.3) is 0 Å². The van der Waals surface area contributed by atoms with E-state index in [9.17, 15) is 40.5 Å². The summed E-state index contributed by atoms with van der Waals surface area (Å²) in [6.45, 7) is 14.5. The van der Waals surface area contributed by atoms with Crippen molar-refractivity contribution < 1.29 is 64.2 Å². The zero-order valence-electron chi connectivity index (χ0n) is 32.7. The van der Waals surface area contributed by atoms with Crippen molar-refractivity contribution in [1.29, 1.82) is 0 Å². The molecule has 5 aliphatic carbocycles. The van der Waals surface area contributed by atoms with Crippen LogP contribution >= 0.6 is 0 Å². The highest BCUT2D eigenvalue weighted by atomic mass is 16.7. The van der Waals surface area contributed by atoms with Gasteiger partial charge in [0.1, 0.15) is 53.9 Å². The number of aliphatic hydroxyl groups is 7. The third-order valence-corrected chi connectivity index (χ3v) is 17.0. The van der Waals surface area contributed by atoms with Crippen LogP contribution < -0.4 is 0 Å². The largest absolute Gasteiger partial charge is 0.455 e. The van der Waals surface area contributed by atoms with E-state index >= 15 is 0 Å². The molecule has 0 aromatic carbocycles. The van der Waals surface area contributed by atoms with Gasteiger partial charge in [-0.25, -0.2) is 0 Å². The van der Waals surface area contributed by atoms with E-state index in [0.29, 0.717) is 25.7 Å². The van der Waals surface area contributed by atoms with Crippen LogP contribution in [0.3, 0.4) is 0 Å². The van der Waals surface area contributed by atoms with E-state index in [-0.39, 0.29) is 52.2 Å². The quantitative estimate of drug-likeness (QED) is 0.158. The fourth-order valence-corrected chi connectivity index (χ4v) is 13.3. The Hall–Kier alpha value is -1.49. The second-order valence-electron chi connectivity index (χ2n) is 19.8. The zero-order valence-corrected chi connectivity index (χ0v) is 32.7. The number of carbonyl (C=O) groups is 1. The molecule has 1 unspecified atom stereocenters. The van der Waals surface area contributed by atoms with Gasteiger partial charge in [0, 0.05) is 0 Å². The molecule has 0 amide bonds. The molecule has 54 heavy (non-hydrogen) atoms. The number of hydrogen-bond acceptors (Lipinski definition) is 13. The highest BCUT2D eigenvalue weighted by molar-refractivity contribution is 5.86. The molecule has 13 heteroatoms. The maximum absolute atomic E-state index is 13.6. The molecule has 0 radical (unpaired) electrons. The van der Waals surface area contributed by atoms with Gasteiger partial charge in [0.25, 0.3) is 0 Å². The van der Waals surface area contributed by atoms with Gasteiger partial charge in [-0.1, -0.05) is 46.8 Å². The van der Waals surface area contributed by atoms with Crippen molar-refractivity contribution in [3.63, 3.8) is 0 Å². The number of esters is 1. The molecule has 0 aromatic heterocycles. The van der Waals surface area contributed by atoms with Crippen LogP contribution in [0.5, 0.6) is 0 Å². The second-order valence-corrected chi connectivity index (χ2v) is 19.8. The molecule has 0 aromatic rings. The fourth-order valence-electron chi connectivity index (χ4n) is 13.3. The van der Waals surface area contributed by atoms with Gasteiger partial charge >= 0.3 is 5.97 Å². The summed E-state index contributed by atoms with van der Waals surface area (Å²) in [7, 11) is 0. The number of allylic oxidation sites excluding steroid dienone is 3. The van der Waals surface area contributed by atoms with E-state index in [2.05, 4.69) is 46.8 Å². The van der Waals surface area contributed by atoms with E-state index in [1.165, 1.54) is 0 Å². The number of ether oxygens (including phenoxy) is 5. The Morgan fingerprint density at radius 3 is 2.20 bits per heavy atom. The van der Waals surface area contributed by atoms with Crippen LogP contribution in [-0.2, 0) is 28.5 Å². The molecule has 9 rings (SSSR count). The molecule has 2 bridgehead atoms. The minimum absolute atomic E-state index is 0.100.